The molecule has 0 fully saturated rings. The number of aromatic amines is 1. The summed E-state index contributed by atoms with van der Waals surface area (Å²) < 4.78 is 0. The van der Waals surface area contributed by atoms with E-state index < -0.39 is 0 Å². The molecule has 13 heavy (non-hydrogen) atoms. The molecule has 1 heterocycles. The highest BCUT2D eigenvalue weighted by Gasteiger charge is 2.00. The van der Waals surface area contributed by atoms with Crippen molar-refractivity contribution in [1.29, 1.82) is 0 Å². The molecule has 0 bridgehead atoms. The lowest BCUT2D eigenvalue weighted by molar-refractivity contribution is -0.121. The van der Waals surface area contributed by atoms with Crippen LogP contribution in [0.15, 0.2) is 0 Å². The summed E-state index contributed by atoms with van der Waals surface area (Å²) in [5.41, 5.74) is 0. The molecular formula is C7H13N5O. The summed E-state index contributed by atoms with van der Waals surface area (Å²) >= 11 is 0. The van der Waals surface area contributed by atoms with E-state index in [0.29, 0.717) is 25.2 Å². The van der Waals surface area contributed by atoms with Crippen molar-refractivity contribution in [1.82, 2.24) is 25.9 Å². The van der Waals surface area contributed by atoms with E-state index in [0.717, 1.165) is 6.42 Å². The first-order valence-electron chi connectivity index (χ1n) is 4.32. The Kier molecular flexibility index (Phi) is 3.87. The second-order valence-corrected chi connectivity index (χ2v) is 2.68. The molecule has 0 aliphatic heterocycles. The molecule has 6 heteroatoms. The van der Waals surface area contributed by atoms with Crippen LogP contribution in [0.4, 0.5) is 0 Å². The highest BCUT2D eigenvalue weighted by molar-refractivity contribution is 5.75. The lowest BCUT2D eigenvalue weighted by atomic mass is 10.3. The third-order valence-corrected chi connectivity index (χ3v) is 1.54. The van der Waals surface area contributed by atoms with Gasteiger partial charge in [-0.25, -0.2) is 0 Å². The van der Waals surface area contributed by atoms with Gasteiger partial charge in [0, 0.05) is 19.4 Å². The van der Waals surface area contributed by atoms with Gasteiger partial charge in [-0.2, -0.15) is 5.21 Å². The number of aromatic nitrogens is 4. The highest BCUT2D eigenvalue weighted by atomic mass is 16.1. The minimum Gasteiger partial charge on any atom is -0.356 e. The third kappa shape index (κ3) is 3.64. The summed E-state index contributed by atoms with van der Waals surface area (Å²) in [6.45, 7) is 2.54. The molecule has 0 radical (unpaired) electrons. The summed E-state index contributed by atoms with van der Waals surface area (Å²) in [6.07, 6.45) is 2.06. The number of nitrogens with zero attached hydrogens (tertiary/aromatic N) is 3. The Labute approximate surface area is 76.1 Å². The largest absolute Gasteiger partial charge is 0.356 e. The molecule has 1 amide bonds. The summed E-state index contributed by atoms with van der Waals surface area (Å²) in [5.74, 6) is 0.697. The summed E-state index contributed by atoms with van der Waals surface area (Å²) in [5, 5.41) is 16.0. The predicted molar refractivity (Wildman–Crippen MR) is 45.8 cm³/mol. The van der Waals surface area contributed by atoms with Crippen molar-refractivity contribution >= 4 is 5.91 Å². The number of nitrogens with one attached hydrogen (secondary N) is 2. The molecule has 1 aromatic heterocycles. The van der Waals surface area contributed by atoms with Gasteiger partial charge in [-0.05, 0) is 6.42 Å². The van der Waals surface area contributed by atoms with E-state index in [4.69, 9.17) is 0 Å². The quantitative estimate of drug-likeness (QED) is 0.654. The second-order valence-electron chi connectivity index (χ2n) is 2.68. The molecule has 0 saturated heterocycles. The molecule has 0 aromatic carbocycles. The van der Waals surface area contributed by atoms with Gasteiger partial charge in [-0.3, -0.25) is 4.79 Å². The van der Waals surface area contributed by atoms with Crippen molar-refractivity contribution in [3.05, 3.63) is 5.82 Å². The van der Waals surface area contributed by atoms with Gasteiger partial charge in [0.25, 0.3) is 0 Å². The fourth-order valence-electron chi connectivity index (χ4n) is 0.918. The maximum absolute atomic E-state index is 11.0. The molecule has 0 aliphatic rings. The van der Waals surface area contributed by atoms with Gasteiger partial charge >= 0.3 is 0 Å². The Balaban J connectivity index is 2.11. The number of hydrogen-bond acceptors (Lipinski definition) is 4. The normalized spacial score (nSPS) is 9.92. The number of carbonyl (C=O) groups is 1. The van der Waals surface area contributed by atoms with Gasteiger partial charge in [0.05, 0.1) is 0 Å². The molecule has 0 atom stereocenters. The first-order chi connectivity index (χ1) is 6.33. The maximum atomic E-state index is 11.0. The number of rotatable bonds is 5. The molecule has 6 nitrogen and oxygen atoms in total. The van der Waals surface area contributed by atoms with Crippen LogP contribution in [0.5, 0.6) is 0 Å². The van der Waals surface area contributed by atoms with Crippen LogP contribution in [-0.2, 0) is 11.2 Å². The summed E-state index contributed by atoms with van der Waals surface area (Å²) in [7, 11) is 0. The predicted octanol–water partition coefficient (Wildman–Crippen LogP) is -0.342. The van der Waals surface area contributed by atoms with Crippen molar-refractivity contribution in [2.24, 2.45) is 0 Å². The number of hydrogen-bond donors (Lipinski definition) is 2. The van der Waals surface area contributed by atoms with Crippen LogP contribution in [0.2, 0.25) is 0 Å². The molecule has 0 unspecified atom stereocenters. The van der Waals surface area contributed by atoms with E-state index in [1.54, 1.807) is 0 Å². The van der Waals surface area contributed by atoms with Gasteiger partial charge in [0.1, 0.15) is 0 Å². The Morgan fingerprint density at radius 3 is 3.08 bits per heavy atom. The fraction of sp³-hybridized carbons (Fsp3) is 0.714. The minimum absolute atomic E-state index is 0.0750. The Hall–Kier alpha value is -1.46. The number of carbonyl (C=O) groups excluding carboxylic acids is 1. The van der Waals surface area contributed by atoms with Crippen molar-refractivity contribution in [2.45, 2.75) is 26.2 Å². The lowest BCUT2D eigenvalue weighted by Crippen LogP contribution is -2.25. The van der Waals surface area contributed by atoms with Crippen LogP contribution in [0.3, 0.4) is 0 Å². The average molecular weight is 183 g/mol. The van der Waals surface area contributed by atoms with Gasteiger partial charge < -0.3 is 5.32 Å². The van der Waals surface area contributed by atoms with E-state index in [1.807, 2.05) is 6.92 Å². The molecular weight excluding hydrogens is 170 g/mol. The zero-order chi connectivity index (χ0) is 9.52. The zero-order valence-electron chi connectivity index (χ0n) is 7.58. The Morgan fingerprint density at radius 1 is 1.62 bits per heavy atom. The van der Waals surface area contributed by atoms with E-state index in [9.17, 15) is 4.79 Å². The second kappa shape index (κ2) is 5.23. The first kappa shape index (κ1) is 9.63. The molecule has 72 valence electrons. The van der Waals surface area contributed by atoms with Gasteiger partial charge in [-0.15, -0.1) is 10.2 Å². The van der Waals surface area contributed by atoms with Crippen LogP contribution in [-0.4, -0.2) is 33.1 Å². The van der Waals surface area contributed by atoms with E-state index in [1.165, 1.54) is 0 Å². The molecule has 2 N–H and O–H groups in total. The smallest absolute Gasteiger partial charge is 0.219 e. The first-order valence-corrected chi connectivity index (χ1v) is 4.32. The topological polar surface area (TPSA) is 83.6 Å². The van der Waals surface area contributed by atoms with Crippen LogP contribution in [0, 0.1) is 0 Å². The number of tetrazole rings is 1. The summed E-state index contributed by atoms with van der Waals surface area (Å²) in [6, 6.07) is 0. The Bertz CT molecular complexity index is 245. The van der Waals surface area contributed by atoms with Gasteiger partial charge in [-0.1, -0.05) is 12.1 Å². The van der Waals surface area contributed by atoms with E-state index in [2.05, 4.69) is 25.9 Å². The number of amides is 1. The van der Waals surface area contributed by atoms with Crippen molar-refractivity contribution in [2.75, 3.05) is 6.54 Å². The molecule has 0 spiro atoms. The van der Waals surface area contributed by atoms with Crippen LogP contribution >= 0.6 is 0 Å². The average Bonchev–Trinajstić information content (AvgIpc) is 2.57. The van der Waals surface area contributed by atoms with Gasteiger partial charge in [0.2, 0.25) is 5.91 Å². The molecule has 0 saturated carbocycles. The lowest BCUT2D eigenvalue weighted by Gasteiger charge is -2.00. The van der Waals surface area contributed by atoms with E-state index in [-0.39, 0.29) is 5.91 Å². The van der Waals surface area contributed by atoms with Crippen molar-refractivity contribution < 1.29 is 4.79 Å². The maximum Gasteiger partial charge on any atom is 0.219 e. The Morgan fingerprint density at radius 2 is 2.46 bits per heavy atom. The van der Waals surface area contributed by atoms with Gasteiger partial charge in [0.15, 0.2) is 5.82 Å². The molecule has 1 rings (SSSR count). The third-order valence-electron chi connectivity index (χ3n) is 1.54. The van der Waals surface area contributed by atoms with Crippen LogP contribution < -0.4 is 5.32 Å². The monoisotopic (exact) mass is 183 g/mol. The SMILES string of the molecule is CCCC(=O)NCCc1nn[nH]n1. The van der Waals surface area contributed by atoms with E-state index >= 15 is 0 Å². The van der Waals surface area contributed by atoms with Crippen LogP contribution in [0.1, 0.15) is 25.6 Å². The number of H-pyrrole nitrogens is 1. The minimum atomic E-state index is 0.0750. The fourth-order valence-corrected chi connectivity index (χ4v) is 0.918. The highest BCUT2D eigenvalue weighted by Crippen LogP contribution is 1.87. The molecule has 0 aliphatic carbocycles. The van der Waals surface area contributed by atoms with Crippen molar-refractivity contribution in [3.8, 4) is 0 Å². The van der Waals surface area contributed by atoms with Crippen molar-refractivity contribution in [3.63, 3.8) is 0 Å². The molecule has 1 aromatic rings. The summed E-state index contributed by atoms with van der Waals surface area (Å²) in [4.78, 5) is 11.0. The standard InChI is InChI=1S/C7H13N5O/c1-2-3-7(13)8-5-4-6-9-11-12-10-6/h2-5H2,1H3,(H,8,13)(H,9,10,11,12). The van der Waals surface area contributed by atoms with Crippen LogP contribution in [0.25, 0.3) is 0 Å². The zero-order valence-corrected chi connectivity index (χ0v) is 7.58.